The van der Waals surface area contributed by atoms with Crippen molar-refractivity contribution in [3.8, 4) is 22.8 Å². The Morgan fingerprint density at radius 1 is 1.04 bits per heavy atom. The normalized spacial score (nSPS) is 13.4. The maximum atomic E-state index is 5.76. The van der Waals surface area contributed by atoms with Gasteiger partial charge >= 0.3 is 0 Å². The maximum Gasteiger partial charge on any atom is 0.162 e. The first-order valence-corrected chi connectivity index (χ1v) is 9.46. The Labute approximate surface area is 155 Å². The van der Waals surface area contributed by atoms with E-state index in [9.17, 15) is 0 Å². The summed E-state index contributed by atoms with van der Waals surface area (Å²) in [6.45, 7) is 1.93. The SMILES string of the molecule is NCCCCc1c(-c2ccc3c(c2)OCCO3)[nH]c2c(Br)cccc12. The van der Waals surface area contributed by atoms with Crippen molar-refractivity contribution in [3.63, 3.8) is 0 Å². The molecule has 130 valence electrons. The minimum absolute atomic E-state index is 0.595. The highest BCUT2D eigenvalue weighted by Gasteiger charge is 2.18. The number of ether oxygens (including phenoxy) is 2. The molecule has 0 aliphatic carbocycles. The van der Waals surface area contributed by atoms with Crippen LogP contribution in [-0.4, -0.2) is 24.7 Å². The van der Waals surface area contributed by atoms with E-state index in [-0.39, 0.29) is 0 Å². The number of benzene rings is 2. The zero-order valence-electron chi connectivity index (χ0n) is 14.0. The number of nitrogens with two attached hydrogens (primary N) is 1. The molecule has 3 N–H and O–H groups in total. The first-order valence-electron chi connectivity index (χ1n) is 8.67. The van der Waals surface area contributed by atoms with E-state index in [0.29, 0.717) is 13.2 Å². The molecule has 2 heterocycles. The summed E-state index contributed by atoms with van der Waals surface area (Å²) in [4.78, 5) is 3.61. The van der Waals surface area contributed by atoms with E-state index in [2.05, 4.69) is 51.2 Å². The fourth-order valence-corrected chi connectivity index (χ4v) is 3.85. The molecule has 0 bridgehead atoms. The molecule has 0 saturated heterocycles. The topological polar surface area (TPSA) is 60.3 Å². The molecule has 0 unspecified atom stereocenters. The van der Waals surface area contributed by atoms with Crippen molar-refractivity contribution in [1.82, 2.24) is 4.98 Å². The number of aromatic nitrogens is 1. The molecule has 0 atom stereocenters. The van der Waals surface area contributed by atoms with Gasteiger partial charge in [0.1, 0.15) is 13.2 Å². The smallest absolute Gasteiger partial charge is 0.162 e. The van der Waals surface area contributed by atoms with Gasteiger partial charge in [0.2, 0.25) is 0 Å². The number of fused-ring (bicyclic) bond motifs is 2. The van der Waals surface area contributed by atoms with Crippen LogP contribution in [0.15, 0.2) is 40.9 Å². The Kier molecular flexibility index (Phi) is 4.68. The van der Waals surface area contributed by atoms with Crippen molar-refractivity contribution in [2.24, 2.45) is 5.73 Å². The van der Waals surface area contributed by atoms with Gasteiger partial charge in [-0.05, 0) is 71.6 Å². The summed E-state index contributed by atoms with van der Waals surface area (Å²) in [5, 5.41) is 1.26. The lowest BCUT2D eigenvalue weighted by Crippen LogP contribution is -2.15. The number of aromatic amines is 1. The maximum absolute atomic E-state index is 5.76. The van der Waals surface area contributed by atoms with Crippen LogP contribution in [0.25, 0.3) is 22.2 Å². The minimum Gasteiger partial charge on any atom is -0.486 e. The summed E-state index contributed by atoms with van der Waals surface area (Å²) < 4.78 is 12.5. The zero-order chi connectivity index (χ0) is 17.2. The van der Waals surface area contributed by atoms with Gasteiger partial charge in [0.25, 0.3) is 0 Å². The average Bonchev–Trinajstić information content (AvgIpc) is 3.02. The average molecular weight is 401 g/mol. The van der Waals surface area contributed by atoms with Crippen molar-refractivity contribution in [2.45, 2.75) is 19.3 Å². The van der Waals surface area contributed by atoms with Crippen LogP contribution in [0.1, 0.15) is 18.4 Å². The summed E-state index contributed by atoms with van der Waals surface area (Å²) in [7, 11) is 0. The third-order valence-electron chi connectivity index (χ3n) is 4.60. The van der Waals surface area contributed by atoms with Gasteiger partial charge in [-0.2, -0.15) is 0 Å². The number of H-pyrrole nitrogens is 1. The summed E-state index contributed by atoms with van der Waals surface area (Å²) in [6, 6.07) is 12.5. The van der Waals surface area contributed by atoms with Gasteiger partial charge in [-0.3, -0.25) is 0 Å². The lowest BCUT2D eigenvalue weighted by atomic mass is 10.00. The molecule has 0 radical (unpaired) electrons. The predicted octanol–water partition coefficient (Wildman–Crippen LogP) is 4.65. The predicted molar refractivity (Wildman–Crippen MR) is 104 cm³/mol. The Morgan fingerprint density at radius 2 is 1.88 bits per heavy atom. The van der Waals surface area contributed by atoms with Gasteiger partial charge in [0.05, 0.1) is 5.52 Å². The van der Waals surface area contributed by atoms with Crippen molar-refractivity contribution in [3.05, 3.63) is 46.4 Å². The van der Waals surface area contributed by atoms with Crippen LogP contribution in [0.4, 0.5) is 0 Å². The van der Waals surface area contributed by atoms with Crippen LogP contribution >= 0.6 is 15.9 Å². The fraction of sp³-hybridized carbons (Fsp3) is 0.300. The first kappa shape index (κ1) is 16.5. The van der Waals surface area contributed by atoms with Crippen LogP contribution in [0.2, 0.25) is 0 Å². The van der Waals surface area contributed by atoms with Crippen molar-refractivity contribution >= 4 is 26.8 Å². The Hall–Kier alpha value is -1.98. The molecule has 3 aromatic rings. The summed E-state index contributed by atoms with van der Waals surface area (Å²) in [5.41, 5.74) is 10.4. The van der Waals surface area contributed by atoms with Gasteiger partial charge in [0, 0.05) is 21.1 Å². The van der Waals surface area contributed by atoms with E-state index < -0.39 is 0 Å². The molecule has 25 heavy (non-hydrogen) atoms. The van der Waals surface area contributed by atoms with E-state index in [1.807, 2.05) is 6.07 Å². The highest BCUT2D eigenvalue weighted by atomic mass is 79.9. The Balaban J connectivity index is 1.82. The van der Waals surface area contributed by atoms with Gasteiger partial charge < -0.3 is 20.2 Å². The van der Waals surface area contributed by atoms with Crippen LogP contribution < -0.4 is 15.2 Å². The second-order valence-corrected chi connectivity index (χ2v) is 7.10. The van der Waals surface area contributed by atoms with Gasteiger partial charge in [-0.15, -0.1) is 0 Å². The molecule has 0 amide bonds. The molecule has 0 spiro atoms. The molecule has 0 fully saturated rings. The second kappa shape index (κ2) is 7.10. The number of nitrogens with one attached hydrogen (secondary N) is 1. The number of halogens is 1. The van der Waals surface area contributed by atoms with Gasteiger partial charge in [0.15, 0.2) is 11.5 Å². The van der Waals surface area contributed by atoms with Crippen molar-refractivity contribution in [1.29, 1.82) is 0 Å². The first-order chi connectivity index (χ1) is 12.3. The number of hydrogen-bond acceptors (Lipinski definition) is 3. The van der Waals surface area contributed by atoms with Gasteiger partial charge in [-0.1, -0.05) is 12.1 Å². The quantitative estimate of drug-likeness (QED) is 0.612. The molecule has 1 aliphatic rings. The number of rotatable bonds is 5. The number of para-hydroxylation sites is 1. The largest absolute Gasteiger partial charge is 0.486 e. The number of unbranched alkanes of at least 4 members (excludes halogenated alkanes) is 1. The van der Waals surface area contributed by atoms with Crippen molar-refractivity contribution < 1.29 is 9.47 Å². The highest BCUT2D eigenvalue weighted by molar-refractivity contribution is 9.10. The number of aryl methyl sites for hydroxylation is 1. The number of hydrogen-bond donors (Lipinski definition) is 2. The van der Waals surface area contributed by atoms with Crippen LogP contribution in [0.5, 0.6) is 11.5 Å². The zero-order valence-corrected chi connectivity index (χ0v) is 15.6. The monoisotopic (exact) mass is 400 g/mol. The van der Waals surface area contributed by atoms with E-state index in [4.69, 9.17) is 15.2 Å². The molecule has 1 aromatic heterocycles. The lowest BCUT2D eigenvalue weighted by Gasteiger charge is -2.19. The molecule has 0 saturated carbocycles. The van der Waals surface area contributed by atoms with E-state index >= 15 is 0 Å². The van der Waals surface area contributed by atoms with E-state index in [0.717, 1.165) is 58.6 Å². The molecule has 2 aromatic carbocycles. The van der Waals surface area contributed by atoms with Crippen LogP contribution in [0.3, 0.4) is 0 Å². The molecule has 5 heteroatoms. The molecule has 4 nitrogen and oxygen atoms in total. The summed E-state index contributed by atoms with van der Waals surface area (Å²) in [5.74, 6) is 1.63. The molecular weight excluding hydrogens is 380 g/mol. The second-order valence-electron chi connectivity index (χ2n) is 6.25. The van der Waals surface area contributed by atoms with Crippen LogP contribution in [0, 0.1) is 0 Å². The highest BCUT2D eigenvalue weighted by Crippen LogP contribution is 2.39. The Morgan fingerprint density at radius 3 is 2.72 bits per heavy atom. The molecular formula is C20H21BrN2O2. The summed E-state index contributed by atoms with van der Waals surface area (Å²) in [6.07, 6.45) is 3.10. The Bertz CT molecular complexity index is 904. The third kappa shape index (κ3) is 3.14. The fourth-order valence-electron chi connectivity index (χ4n) is 3.39. The molecule has 4 rings (SSSR count). The molecule has 1 aliphatic heterocycles. The van der Waals surface area contributed by atoms with E-state index in [1.54, 1.807) is 0 Å². The lowest BCUT2D eigenvalue weighted by molar-refractivity contribution is 0.171. The van der Waals surface area contributed by atoms with E-state index in [1.165, 1.54) is 10.9 Å². The standard InChI is InChI=1S/C20H21BrN2O2/c21-16-6-3-5-15-14(4-1-2-9-22)19(23-20(15)16)13-7-8-17-18(12-13)25-11-10-24-17/h3,5-8,12,23H,1-2,4,9-11,22H2. The summed E-state index contributed by atoms with van der Waals surface area (Å²) >= 11 is 3.66. The minimum atomic E-state index is 0.595. The van der Waals surface area contributed by atoms with Crippen molar-refractivity contribution in [2.75, 3.05) is 19.8 Å². The van der Waals surface area contributed by atoms with Crippen LogP contribution in [-0.2, 0) is 6.42 Å². The third-order valence-corrected chi connectivity index (χ3v) is 5.26. The van der Waals surface area contributed by atoms with Gasteiger partial charge in [-0.25, -0.2) is 0 Å².